The van der Waals surface area contributed by atoms with Crippen LogP contribution in [0.5, 0.6) is 0 Å². The molecule has 6 nitrogen and oxygen atoms in total. The lowest BCUT2D eigenvalue weighted by molar-refractivity contribution is -0.119. The fourth-order valence-corrected chi connectivity index (χ4v) is 4.01. The van der Waals surface area contributed by atoms with Crippen molar-refractivity contribution in [2.75, 3.05) is 36.3 Å². The van der Waals surface area contributed by atoms with Crippen molar-refractivity contribution in [3.8, 4) is 0 Å². The first kappa shape index (κ1) is 21.4. The maximum atomic E-state index is 12.9. The molecule has 1 heterocycles. The first-order chi connectivity index (χ1) is 15.3. The predicted octanol–water partition coefficient (Wildman–Crippen LogP) is 4.50. The number of rotatable bonds is 5. The molecular formula is C26H28N4O2. The van der Waals surface area contributed by atoms with Crippen LogP contribution in [0.25, 0.3) is 0 Å². The summed E-state index contributed by atoms with van der Waals surface area (Å²) in [6.07, 6.45) is 0. The Hall–Kier alpha value is -3.80. The Balaban J connectivity index is 1.67. The van der Waals surface area contributed by atoms with Crippen LogP contribution in [0.15, 0.2) is 72.8 Å². The summed E-state index contributed by atoms with van der Waals surface area (Å²) in [5, 5.41) is 3.41. The summed E-state index contributed by atoms with van der Waals surface area (Å²) in [5.74, 6) is 0.0335. The van der Waals surface area contributed by atoms with Crippen molar-refractivity contribution < 1.29 is 9.59 Å². The van der Waals surface area contributed by atoms with Gasteiger partial charge in [-0.25, -0.2) is 0 Å². The molecule has 0 radical (unpaired) electrons. The molecule has 0 bridgehead atoms. The third-order valence-corrected chi connectivity index (χ3v) is 5.80. The van der Waals surface area contributed by atoms with E-state index in [1.807, 2.05) is 68.6 Å². The first-order valence-electron chi connectivity index (χ1n) is 10.7. The zero-order chi connectivity index (χ0) is 22.8. The Kier molecular flexibility index (Phi) is 5.86. The summed E-state index contributed by atoms with van der Waals surface area (Å²) in [6, 6.07) is 23.3. The minimum absolute atomic E-state index is 0.0397. The van der Waals surface area contributed by atoms with Crippen molar-refractivity contribution in [1.82, 2.24) is 4.90 Å². The van der Waals surface area contributed by atoms with Crippen LogP contribution < -0.4 is 15.1 Å². The van der Waals surface area contributed by atoms with E-state index in [9.17, 15) is 9.59 Å². The number of benzene rings is 3. The highest BCUT2D eigenvalue weighted by atomic mass is 16.2. The summed E-state index contributed by atoms with van der Waals surface area (Å²) in [5.41, 5.74) is 5.38. The Bertz CT molecular complexity index is 1140. The van der Waals surface area contributed by atoms with Gasteiger partial charge < -0.3 is 20.0 Å². The number of anilines is 4. The van der Waals surface area contributed by atoms with E-state index in [0.29, 0.717) is 12.1 Å². The largest absolute Gasteiger partial charge is 0.355 e. The molecule has 3 aromatic rings. The third kappa shape index (κ3) is 4.17. The Morgan fingerprint density at radius 3 is 2.38 bits per heavy atom. The van der Waals surface area contributed by atoms with E-state index in [0.717, 1.165) is 28.3 Å². The molecule has 2 amide bonds. The van der Waals surface area contributed by atoms with E-state index < -0.39 is 0 Å². The van der Waals surface area contributed by atoms with E-state index in [1.165, 1.54) is 0 Å². The standard InChI is InChI=1S/C26H28N4O2/c1-18-25(31)29(4)23-14-13-22(16-24(23)30(18)17-19-9-6-5-7-10-19)27-21-12-8-11-20(15-21)26(32)28(2)3/h5-16,18,27H,17H2,1-4H3/t18-/m1/s1. The molecule has 164 valence electrons. The topological polar surface area (TPSA) is 55.9 Å². The average molecular weight is 429 g/mol. The van der Waals surface area contributed by atoms with E-state index in [-0.39, 0.29) is 17.9 Å². The van der Waals surface area contributed by atoms with Gasteiger partial charge in [-0.3, -0.25) is 9.59 Å². The molecule has 32 heavy (non-hydrogen) atoms. The lowest BCUT2D eigenvalue weighted by Gasteiger charge is -2.40. The van der Waals surface area contributed by atoms with Crippen molar-refractivity contribution in [2.24, 2.45) is 0 Å². The van der Waals surface area contributed by atoms with Crippen LogP contribution in [0.1, 0.15) is 22.8 Å². The highest BCUT2D eigenvalue weighted by molar-refractivity contribution is 6.05. The summed E-state index contributed by atoms with van der Waals surface area (Å²) in [7, 11) is 5.30. The molecule has 3 aromatic carbocycles. The smallest absolute Gasteiger partial charge is 0.253 e. The van der Waals surface area contributed by atoms with Gasteiger partial charge in [-0.2, -0.15) is 0 Å². The Labute approximate surface area is 189 Å². The SMILES string of the molecule is C[C@@H]1C(=O)N(C)c2ccc(Nc3cccc(C(=O)N(C)C)c3)cc2N1Cc1ccccc1. The fourth-order valence-electron chi connectivity index (χ4n) is 4.01. The second kappa shape index (κ2) is 8.75. The van der Waals surface area contributed by atoms with E-state index in [1.54, 1.807) is 23.9 Å². The summed E-state index contributed by atoms with van der Waals surface area (Å²) in [4.78, 5) is 30.6. The molecule has 0 saturated heterocycles. The second-order valence-electron chi connectivity index (χ2n) is 8.30. The van der Waals surface area contributed by atoms with E-state index in [2.05, 4.69) is 28.4 Å². The number of hydrogen-bond donors (Lipinski definition) is 1. The zero-order valence-corrected chi connectivity index (χ0v) is 18.9. The molecule has 1 atom stereocenters. The zero-order valence-electron chi connectivity index (χ0n) is 18.9. The highest BCUT2D eigenvalue weighted by Crippen LogP contribution is 2.39. The molecule has 0 spiro atoms. The van der Waals surface area contributed by atoms with Crippen LogP contribution in [0.3, 0.4) is 0 Å². The fraction of sp³-hybridized carbons (Fsp3) is 0.231. The highest BCUT2D eigenvalue weighted by Gasteiger charge is 2.33. The lowest BCUT2D eigenvalue weighted by Crippen LogP contribution is -2.50. The van der Waals surface area contributed by atoms with Crippen LogP contribution in [0.4, 0.5) is 22.7 Å². The summed E-state index contributed by atoms with van der Waals surface area (Å²) < 4.78 is 0. The van der Waals surface area contributed by atoms with Gasteiger partial charge in [0.05, 0.1) is 11.4 Å². The van der Waals surface area contributed by atoms with Gasteiger partial charge in [0.15, 0.2) is 0 Å². The first-order valence-corrected chi connectivity index (χ1v) is 10.7. The second-order valence-corrected chi connectivity index (χ2v) is 8.30. The number of carbonyl (C=O) groups excluding carboxylic acids is 2. The molecular weight excluding hydrogens is 400 g/mol. The van der Waals surface area contributed by atoms with Gasteiger partial charge in [-0.1, -0.05) is 36.4 Å². The average Bonchev–Trinajstić information content (AvgIpc) is 2.80. The van der Waals surface area contributed by atoms with Gasteiger partial charge in [0.1, 0.15) is 6.04 Å². The quantitative estimate of drug-likeness (QED) is 0.650. The number of likely N-dealkylation sites (N-methyl/N-ethyl adjacent to an activating group) is 1. The Morgan fingerprint density at radius 2 is 1.66 bits per heavy atom. The van der Waals surface area contributed by atoms with Crippen molar-refractivity contribution in [3.05, 3.63) is 83.9 Å². The Morgan fingerprint density at radius 1 is 0.938 bits per heavy atom. The number of hydrogen-bond acceptors (Lipinski definition) is 4. The van der Waals surface area contributed by atoms with Crippen LogP contribution in [0, 0.1) is 0 Å². The maximum absolute atomic E-state index is 12.9. The molecule has 0 fully saturated rings. The normalized spacial score (nSPS) is 15.4. The van der Waals surface area contributed by atoms with Crippen LogP contribution in [-0.4, -0.2) is 43.9 Å². The number of nitrogens with one attached hydrogen (secondary N) is 1. The number of fused-ring (bicyclic) bond motifs is 1. The number of nitrogens with zero attached hydrogens (tertiary/aromatic N) is 3. The maximum Gasteiger partial charge on any atom is 0.253 e. The van der Waals surface area contributed by atoms with Gasteiger partial charge in [0.2, 0.25) is 5.91 Å². The molecule has 0 aliphatic carbocycles. The summed E-state index contributed by atoms with van der Waals surface area (Å²) >= 11 is 0. The monoisotopic (exact) mass is 428 g/mol. The minimum Gasteiger partial charge on any atom is -0.355 e. The van der Waals surface area contributed by atoms with Crippen LogP contribution in [-0.2, 0) is 11.3 Å². The third-order valence-electron chi connectivity index (χ3n) is 5.80. The predicted molar refractivity (Wildman–Crippen MR) is 130 cm³/mol. The molecule has 4 rings (SSSR count). The molecule has 1 N–H and O–H groups in total. The van der Waals surface area contributed by atoms with Gasteiger partial charge in [0.25, 0.3) is 5.91 Å². The summed E-state index contributed by atoms with van der Waals surface area (Å²) in [6.45, 7) is 2.59. The van der Waals surface area contributed by atoms with E-state index in [4.69, 9.17) is 0 Å². The minimum atomic E-state index is -0.274. The van der Waals surface area contributed by atoms with Gasteiger partial charge in [-0.15, -0.1) is 0 Å². The van der Waals surface area contributed by atoms with Crippen molar-refractivity contribution in [2.45, 2.75) is 19.5 Å². The molecule has 0 aromatic heterocycles. The molecule has 1 aliphatic heterocycles. The van der Waals surface area contributed by atoms with Gasteiger partial charge in [0, 0.05) is 44.6 Å². The van der Waals surface area contributed by atoms with Gasteiger partial charge >= 0.3 is 0 Å². The van der Waals surface area contributed by atoms with Crippen LogP contribution in [0.2, 0.25) is 0 Å². The van der Waals surface area contributed by atoms with Crippen molar-refractivity contribution in [3.63, 3.8) is 0 Å². The molecule has 0 unspecified atom stereocenters. The molecule has 1 aliphatic rings. The lowest BCUT2D eigenvalue weighted by atomic mass is 10.0. The number of carbonyl (C=O) groups is 2. The molecule has 0 saturated carbocycles. The number of amides is 2. The van der Waals surface area contributed by atoms with Crippen molar-refractivity contribution >= 4 is 34.6 Å². The van der Waals surface area contributed by atoms with E-state index >= 15 is 0 Å². The molecule has 6 heteroatoms. The van der Waals surface area contributed by atoms with Crippen LogP contribution >= 0.6 is 0 Å². The van der Waals surface area contributed by atoms with Gasteiger partial charge in [-0.05, 0) is 48.9 Å². The van der Waals surface area contributed by atoms with Crippen molar-refractivity contribution in [1.29, 1.82) is 0 Å².